The number of hydrogen-bond acceptors (Lipinski definition) is 4. The third-order valence-corrected chi connectivity index (χ3v) is 8.61. The first-order valence-corrected chi connectivity index (χ1v) is 15.5. The molecule has 1 saturated carbocycles. The fourth-order valence-corrected chi connectivity index (χ4v) is 6.16. The molecule has 0 bridgehead atoms. The van der Waals surface area contributed by atoms with Crippen molar-refractivity contribution in [1.82, 2.24) is 20.1 Å². The minimum Gasteiger partial charge on any atom is -0.477 e. The predicted molar refractivity (Wildman–Crippen MR) is 171 cm³/mol. The summed E-state index contributed by atoms with van der Waals surface area (Å²) in [6.45, 7) is 0.456. The third-order valence-electron chi connectivity index (χ3n) is 8.61. The molecule has 1 fully saturated rings. The van der Waals surface area contributed by atoms with E-state index in [-0.39, 0.29) is 22.3 Å². The number of carbonyl (C=O) groups excluding carboxylic acids is 1. The van der Waals surface area contributed by atoms with Crippen molar-refractivity contribution < 1.29 is 27.1 Å². The predicted octanol–water partition coefficient (Wildman–Crippen LogP) is 8.76. The van der Waals surface area contributed by atoms with Crippen molar-refractivity contribution in [1.29, 1.82) is 0 Å². The van der Waals surface area contributed by atoms with E-state index in [1.54, 1.807) is 74.8 Å². The van der Waals surface area contributed by atoms with Crippen LogP contribution in [0.4, 0.5) is 17.6 Å². The second-order valence-corrected chi connectivity index (χ2v) is 12.2. The smallest absolute Gasteiger partial charge is 0.393 e. The molecule has 1 aliphatic rings. The Morgan fingerprint density at radius 1 is 1.00 bits per heavy atom. The summed E-state index contributed by atoms with van der Waals surface area (Å²) in [5.74, 6) is -0.335. The van der Waals surface area contributed by atoms with Crippen LogP contribution in [-0.4, -0.2) is 52.9 Å². The molecule has 1 N–H and O–H groups in total. The molecule has 0 radical (unpaired) electrons. The molecule has 0 atom stereocenters. The van der Waals surface area contributed by atoms with Gasteiger partial charge in [0.1, 0.15) is 0 Å². The minimum absolute atomic E-state index is 0.0490. The Hall–Kier alpha value is -4.47. The molecule has 0 unspecified atom stereocenters. The molecule has 5 rings (SSSR count). The topological polar surface area (TPSA) is 71.1 Å². The standard InChI is InChI=1S/C36H38F4N4O2/c1-44(2)32(45)13-7-10-20-35(18-8-4-9-19-35)24-46-31-17-15-27(23-41-31)33(26-14-16-30-28(21-26)34(37)43-42-30)29(22-36(38,39)40)25-11-5-3-6-12-25/h3,5-7,11-17,21,23H,4,8-10,18-20,22,24H2,1-2H3,(H,42,43)/b13-7+,33-29-. The van der Waals surface area contributed by atoms with Crippen LogP contribution < -0.4 is 4.74 Å². The molecular formula is C36H38F4N4O2. The van der Waals surface area contributed by atoms with Gasteiger partial charge in [-0.2, -0.15) is 22.7 Å². The van der Waals surface area contributed by atoms with Gasteiger partial charge in [0.25, 0.3) is 0 Å². The maximum atomic E-state index is 14.5. The summed E-state index contributed by atoms with van der Waals surface area (Å²) < 4.78 is 62.9. The first-order valence-electron chi connectivity index (χ1n) is 15.5. The number of aromatic amines is 1. The molecule has 2 heterocycles. The molecule has 2 aromatic heterocycles. The highest BCUT2D eigenvalue weighted by Gasteiger charge is 2.33. The van der Waals surface area contributed by atoms with Crippen LogP contribution in [0.25, 0.3) is 22.0 Å². The molecule has 2 aromatic carbocycles. The number of rotatable bonds is 11. The molecule has 1 aliphatic carbocycles. The fourth-order valence-electron chi connectivity index (χ4n) is 6.16. The van der Waals surface area contributed by atoms with Crippen LogP contribution in [0.3, 0.4) is 0 Å². The Morgan fingerprint density at radius 2 is 1.74 bits per heavy atom. The van der Waals surface area contributed by atoms with Gasteiger partial charge < -0.3 is 9.64 Å². The van der Waals surface area contributed by atoms with Gasteiger partial charge in [0.15, 0.2) is 0 Å². The molecule has 0 spiro atoms. The van der Waals surface area contributed by atoms with Crippen LogP contribution in [0.15, 0.2) is 79.0 Å². The number of likely N-dealkylation sites (N-methyl/N-ethyl adjacent to an activating group) is 1. The molecule has 0 saturated heterocycles. The summed E-state index contributed by atoms with van der Waals surface area (Å²) in [6, 6.07) is 16.5. The summed E-state index contributed by atoms with van der Waals surface area (Å²) in [4.78, 5) is 18.0. The number of carbonyl (C=O) groups is 1. The number of H-pyrrole nitrogens is 1. The van der Waals surface area contributed by atoms with Gasteiger partial charge in [0.2, 0.25) is 17.7 Å². The SMILES string of the molecule is CN(C)C(=O)/C=C/CCC1(COc2ccc(/C(=C(/CC(F)(F)F)c3ccccc3)c3ccc4n[nH]c(F)c4c3)cn2)CCCCC1. The monoisotopic (exact) mass is 634 g/mol. The van der Waals surface area contributed by atoms with E-state index in [2.05, 4.69) is 15.2 Å². The summed E-state index contributed by atoms with van der Waals surface area (Å²) in [7, 11) is 3.44. The summed E-state index contributed by atoms with van der Waals surface area (Å²) >= 11 is 0. The minimum atomic E-state index is -4.50. The van der Waals surface area contributed by atoms with Gasteiger partial charge in [-0.15, -0.1) is 0 Å². The van der Waals surface area contributed by atoms with E-state index in [1.165, 1.54) is 23.6 Å². The van der Waals surface area contributed by atoms with Crippen LogP contribution in [0.2, 0.25) is 0 Å². The third kappa shape index (κ3) is 8.21. The highest BCUT2D eigenvalue weighted by atomic mass is 19.4. The van der Waals surface area contributed by atoms with Crippen molar-refractivity contribution >= 4 is 28.0 Å². The highest BCUT2D eigenvalue weighted by Crippen LogP contribution is 2.42. The van der Waals surface area contributed by atoms with E-state index in [9.17, 15) is 22.4 Å². The Balaban J connectivity index is 1.46. The second kappa shape index (κ2) is 14.3. The number of nitrogens with zero attached hydrogens (tertiary/aromatic N) is 3. The molecule has 10 heteroatoms. The number of ether oxygens (including phenoxy) is 1. The number of amides is 1. The molecular weight excluding hydrogens is 596 g/mol. The van der Waals surface area contributed by atoms with Crippen molar-refractivity contribution in [2.24, 2.45) is 5.41 Å². The number of aromatic nitrogens is 3. The number of alkyl halides is 3. The van der Waals surface area contributed by atoms with Crippen LogP contribution in [0.1, 0.15) is 68.1 Å². The van der Waals surface area contributed by atoms with Gasteiger partial charge in [-0.1, -0.05) is 61.7 Å². The number of nitrogens with one attached hydrogen (secondary N) is 1. The first-order chi connectivity index (χ1) is 22.0. The van der Waals surface area contributed by atoms with Gasteiger partial charge >= 0.3 is 6.18 Å². The number of hydrogen-bond donors (Lipinski definition) is 1. The fraction of sp³-hybridized carbons (Fsp3) is 0.361. The zero-order valence-electron chi connectivity index (χ0n) is 26.0. The zero-order valence-corrected chi connectivity index (χ0v) is 26.0. The van der Waals surface area contributed by atoms with Crippen LogP contribution in [0.5, 0.6) is 5.88 Å². The van der Waals surface area contributed by atoms with Crippen molar-refractivity contribution in [2.75, 3.05) is 20.7 Å². The van der Waals surface area contributed by atoms with Crippen molar-refractivity contribution in [3.63, 3.8) is 0 Å². The Kier molecular flexibility index (Phi) is 10.2. The van der Waals surface area contributed by atoms with Gasteiger partial charge in [-0.25, -0.2) is 4.98 Å². The number of halogens is 4. The van der Waals surface area contributed by atoms with Gasteiger partial charge in [-0.3, -0.25) is 9.89 Å². The maximum absolute atomic E-state index is 14.5. The lowest BCUT2D eigenvalue weighted by atomic mass is 9.71. The Labute approximate surface area is 266 Å². The highest BCUT2D eigenvalue weighted by molar-refractivity contribution is 6.00. The van der Waals surface area contributed by atoms with E-state index >= 15 is 0 Å². The van der Waals surface area contributed by atoms with Crippen molar-refractivity contribution in [2.45, 2.75) is 57.5 Å². The number of allylic oxidation sites excluding steroid dienone is 2. The number of benzene rings is 2. The van der Waals surface area contributed by atoms with E-state index < -0.39 is 18.5 Å². The normalized spacial score (nSPS) is 15.6. The van der Waals surface area contributed by atoms with Crippen LogP contribution >= 0.6 is 0 Å². The second-order valence-electron chi connectivity index (χ2n) is 12.2. The summed E-state index contributed by atoms with van der Waals surface area (Å²) in [6.07, 6.45) is 6.39. The van der Waals surface area contributed by atoms with Crippen LogP contribution in [-0.2, 0) is 4.79 Å². The molecule has 46 heavy (non-hydrogen) atoms. The lowest BCUT2D eigenvalue weighted by Gasteiger charge is -2.36. The Bertz CT molecular complexity index is 1690. The molecule has 4 aromatic rings. The summed E-state index contributed by atoms with van der Waals surface area (Å²) in [5, 5.41) is 6.40. The molecule has 1 amide bonds. The average molecular weight is 635 g/mol. The molecule has 6 nitrogen and oxygen atoms in total. The van der Waals surface area contributed by atoms with E-state index in [0.717, 1.165) is 38.5 Å². The summed E-state index contributed by atoms with van der Waals surface area (Å²) in [5.41, 5.74) is 1.93. The number of pyridine rings is 1. The lowest BCUT2D eigenvalue weighted by Crippen LogP contribution is -2.31. The van der Waals surface area contributed by atoms with Gasteiger partial charge in [0.05, 0.1) is 23.9 Å². The average Bonchev–Trinajstić information content (AvgIpc) is 3.42. The molecule has 242 valence electrons. The molecule has 0 aliphatic heterocycles. The maximum Gasteiger partial charge on any atom is 0.393 e. The Morgan fingerprint density at radius 3 is 2.41 bits per heavy atom. The first kappa shape index (κ1) is 32.9. The van der Waals surface area contributed by atoms with Gasteiger partial charge in [0, 0.05) is 37.3 Å². The largest absolute Gasteiger partial charge is 0.477 e. The quantitative estimate of drug-likeness (QED) is 0.102. The van der Waals surface area contributed by atoms with E-state index in [1.807, 2.05) is 6.08 Å². The van der Waals surface area contributed by atoms with E-state index in [0.29, 0.717) is 40.3 Å². The van der Waals surface area contributed by atoms with Gasteiger partial charge in [-0.05, 0) is 72.2 Å². The van der Waals surface area contributed by atoms with E-state index in [4.69, 9.17) is 4.74 Å². The van der Waals surface area contributed by atoms with Crippen molar-refractivity contribution in [3.8, 4) is 5.88 Å². The zero-order chi connectivity index (χ0) is 32.7. The van der Waals surface area contributed by atoms with Crippen LogP contribution in [0, 0.1) is 11.4 Å². The van der Waals surface area contributed by atoms with Crippen molar-refractivity contribution in [3.05, 3.63) is 102 Å². The lowest BCUT2D eigenvalue weighted by molar-refractivity contribution is -0.124. The number of fused-ring (bicyclic) bond motifs is 1.